The van der Waals surface area contributed by atoms with Crippen molar-refractivity contribution in [1.29, 1.82) is 0 Å². The Labute approximate surface area is 95.7 Å². The van der Waals surface area contributed by atoms with Crippen molar-refractivity contribution >= 4 is 5.97 Å². The van der Waals surface area contributed by atoms with E-state index in [1.165, 1.54) is 18.9 Å². The summed E-state index contributed by atoms with van der Waals surface area (Å²) in [4.78, 5) is 11.2. The Balaban J connectivity index is 2.70. The van der Waals surface area contributed by atoms with Crippen LogP contribution in [0.15, 0.2) is 36.1 Å². The van der Waals surface area contributed by atoms with Gasteiger partial charge in [0.2, 0.25) is 0 Å². The highest BCUT2D eigenvalue weighted by atomic mass is 16.5. The molecule has 16 heavy (non-hydrogen) atoms. The van der Waals surface area contributed by atoms with Crippen molar-refractivity contribution in [2.45, 2.75) is 20.3 Å². The van der Waals surface area contributed by atoms with Crippen LogP contribution in [0.5, 0.6) is 5.75 Å². The highest BCUT2D eigenvalue weighted by Crippen LogP contribution is 2.13. The maximum absolute atomic E-state index is 11.2. The van der Waals surface area contributed by atoms with Crippen molar-refractivity contribution < 1.29 is 14.3 Å². The monoisotopic (exact) mass is 220 g/mol. The summed E-state index contributed by atoms with van der Waals surface area (Å²) >= 11 is 0. The van der Waals surface area contributed by atoms with Crippen LogP contribution in [0, 0.1) is 6.92 Å². The number of hydrogen-bond acceptors (Lipinski definition) is 3. The molecule has 0 N–H and O–H groups in total. The molecule has 0 amide bonds. The van der Waals surface area contributed by atoms with Crippen LogP contribution < -0.4 is 4.74 Å². The summed E-state index contributed by atoms with van der Waals surface area (Å²) < 4.78 is 10.00. The molecular formula is C13H16O3. The molecule has 0 atom stereocenters. The van der Waals surface area contributed by atoms with Crippen LogP contribution in [0.25, 0.3) is 0 Å². The van der Waals surface area contributed by atoms with E-state index in [2.05, 4.69) is 4.74 Å². The van der Waals surface area contributed by atoms with E-state index in [0.717, 1.165) is 0 Å². The second kappa shape index (κ2) is 5.95. The number of esters is 1. The van der Waals surface area contributed by atoms with E-state index in [-0.39, 0.29) is 5.97 Å². The van der Waals surface area contributed by atoms with E-state index in [9.17, 15) is 4.79 Å². The Morgan fingerprint density at radius 2 is 1.94 bits per heavy atom. The van der Waals surface area contributed by atoms with Gasteiger partial charge in [-0.25, -0.2) is 4.79 Å². The molecule has 0 unspecified atom stereocenters. The van der Waals surface area contributed by atoms with Gasteiger partial charge in [0, 0.05) is 0 Å². The maximum atomic E-state index is 11.2. The second-order valence-corrected chi connectivity index (χ2v) is 3.42. The molecule has 0 fully saturated rings. The van der Waals surface area contributed by atoms with E-state index in [1.54, 1.807) is 0 Å². The minimum absolute atomic E-state index is 0.352. The predicted octanol–water partition coefficient (Wildman–Crippen LogP) is 2.84. The number of aryl methyl sites for hydroxylation is 1. The average Bonchev–Trinajstić information content (AvgIpc) is 2.31. The topological polar surface area (TPSA) is 35.5 Å². The van der Waals surface area contributed by atoms with Crippen LogP contribution in [0.1, 0.15) is 18.9 Å². The van der Waals surface area contributed by atoms with Gasteiger partial charge >= 0.3 is 5.97 Å². The van der Waals surface area contributed by atoms with Gasteiger partial charge in [0.1, 0.15) is 12.0 Å². The molecule has 0 aliphatic rings. The molecule has 0 saturated heterocycles. The molecule has 86 valence electrons. The summed E-state index contributed by atoms with van der Waals surface area (Å²) in [5.74, 6) is 0.357. The van der Waals surface area contributed by atoms with E-state index >= 15 is 0 Å². The van der Waals surface area contributed by atoms with Gasteiger partial charge in [-0.1, -0.05) is 24.6 Å². The van der Waals surface area contributed by atoms with E-state index in [4.69, 9.17) is 4.74 Å². The van der Waals surface area contributed by atoms with Gasteiger partial charge in [0.05, 0.1) is 12.7 Å². The lowest BCUT2D eigenvalue weighted by Gasteiger charge is -2.04. The number of methoxy groups -OCH3 is 1. The summed E-state index contributed by atoms with van der Waals surface area (Å²) in [6.07, 6.45) is 2.02. The fraction of sp³-hybridized carbons (Fsp3) is 0.308. The maximum Gasteiger partial charge on any atom is 0.336 e. The van der Waals surface area contributed by atoms with Gasteiger partial charge in [0.15, 0.2) is 0 Å². The lowest BCUT2D eigenvalue weighted by Crippen LogP contribution is -2.05. The Morgan fingerprint density at radius 3 is 2.44 bits per heavy atom. The highest BCUT2D eigenvalue weighted by molar-refractivity contribution is 5.87. The van der Waals surface area contributed by atoms with Gasteiger partial charge in [-0.2, -0.15) is 0 Å². The lowest BCUT2D eigenvalue weighted by molar-refractivity contribution is -0.136. The minimum atomic E-state index is -0.352. The van der Waals surface area contributed by atoms with Crippen LogP contribution in [0.4, 0.5) is 0 Å². The molecule has 0 spiro atoms. The zero-order valence-electron chi connectivity index (χ0n) is 9.82. The van der Waals surface area contributed by atoms with Crippen LogP contribution in [0.2, 0.25) is 0 Å². The van der Waals surface area contributed by atoms with Gasteiger partial charge in [-0.15, -0.1) is 0 Å². The number of carbonyl (C=O) groups is 1. The Hall–Kier alpha value is -1.77. The lowest BCUT2D eigenvalue weighted by atomic mass is 10.2. The molecule has 1 aromatic rings. The molecule has 0 heterocycles. The third kappa shape index (κ3) is 3.42. The van der Waals surface area contributed by atoms with Crippen molar-refractivity contribution in [3.05, 3.63) is 41.7 Å². The first-order chi connectivity index (χ1) is 7.67. The average molecular weight is 220 g/mol. The first kappa shape index (κ1) is 12.3. The van der Waals surface area contributed by atoms with E-state index in [1.807, 2.05) is 38.1 Å². The first-order valence-corrected chi connectivity index (χ1v) is 5.18. The molecule has 3 heteroatoms. The number of ether oxygens (including phenoxy) is 2. The highest BCUT2D eigenvalue weighted by Gasteiger charge is 2.07. The molecule has 0 aliphatic carbocycles. The number of rotatable bonds is 4. The second-order valence-electron chi connectivity index (χ2n) is 3.42. The summed E-state index contributed by atoms with van der Waals surface area (Å²) in [5.41, 5.74) is 1.68. The molecular weight excluding hydrogens is 204 g/mol. The summed E-state index contributed by atoms with van der Waals surface area (Å²) in [7, 11) is 1.36. The smallest absolute Gasteiger partial charge is 0.336 e. The van der Waals surface area contributed by atoms with Gasteiger partial charge in [-0.3, -0.25) is 0 Å². The van der Waals surface area contributed by atoms with Crippen molar-refractivity contribution in [2.24, 2.45) is 0 Å². The molecule has 0 aromatic heterocycles. The van der Waals surface area contributed by atoms with Crippen molar-refractivity contribution in [3.8, 4) is 5.75 Å². The molecule has 1 rings (SSSR count). The van der Waals surface area contributed by atoms with E-state index < -0.39 is 0 Å². The summed E-state index contributed by atoms with van der Waals surface area (Å²) in [5, 5.41) is 0. The van der Waals surface area contributed by atoms with Crippen molar-refractivity contribution in [1.82, 2.24) is 0 Å². The molecule has 0 saturated carbocycles. The first-order valence-electron chi connectivity index (χ1n) is 5.18. The van der Waals surface area contributed by atoms with Crippen LogP contribution in [-0.4, -0.2) is 13.1 Å². The number of benzene rings is 1. The molecule has 1 aromatic carbocycles. The van der Waals surface area contributed by atoms with Crippen molar-refractivity contribution in [3.63, 3.8) is 0 Å². The zero-order chi connectivity index (χ0) is 12.0. The largest absolute Gasteiger partial charge is 0.466 e. The molecule has 0 radical (unpaired) electrons. The third-order valence-electron chi connectivity index (χ3n) is 2.19. The fourth-order valence-electron chi connectivity index (χ4n) is 1.16. The Kier molecular flexibility index (Phi) is 4.58. The quantitative estimate of drug-likeness (QED) is 0.444. The fourth-order valence-corrected chi connectivity index (χ4v) is 1.16. The van der Waals surface area contributed by atoms with E-state index in [0.29, 0.717) is 17.7 Å². The predicted molar refractivity (Wildman–Crippen MR) is 62.2 cm³/mol. The minimum Gasteiger partial charge on any atom is -0.466 e. The Bertz CT molecular complexity index is 377. The summed E-state index contributed by atoms with van der Waals surface area (Å²) in [6, 6.07) is 7.62. The van der Waals surface area contributed by atoms with Crippen molar-refractivity contribution in [2.75, 3.05) is 7.11 Å². The molecule has 0 aliphatic heterocycles. The standard InChI is InChI=1S/C13H16O3/c1-4-11(13(14)15-3)9-16-12-7-5-10(2)6-8-12/h5-9H,4H2,1-3H3/b11-9+. The third-order valence-corrected chi connectivity index (χ3v) is 2.19. The summed E-state index contributed by atoms with van der Waals surface area (Å²) in [6.45, 7) is 3.88. The van der Waals surface area contributed by atoms with Crippen LogP contribution >= 0.6 is 0 Å². The zero-order valence-corrected chi connectivity index (χ0v) is 9.82. The SMILES string of the molecule is CC/C(=C\Oc1ccc(C)cc1)C(=O)OC. The van der Waals surface area contributed by atoms with Crippen LogP contribution in [-0.2, 0) is 9.53 Å². The normalized spacial score (nSPS) is 11.1. The van der Waals surface area contributed by atoms with Gasteiger partial charge < -0.3 is 9.47 Å². The molecule has 0 bridgehead atoms. The number of carbonyl (C=O) groups excluding carboxylic acids is 1. The number of hydrogen-bond donors (Lipinski definition) is 0. The van der Waals surface area contributed by atoms with Gasteiger partial charge in [-0.05, 0) is 25.5 Å². The Morgan fingerprint density at radius 1 is 1.31 bits per heavy atom. The van der Waals surface area contributed by atoms with Crippen LogP contribution in [0.3, 0.4) is 0 Å². The van der Waals surface area contributed by atoms with Gasteiger partial charge in [0.25, 0.3) is 0 Å². The molecule has 3 nitrogen and oxygen atoms in total.